The summed E-state index contributed by atoms with van der Waals surface area (Å²) < 4.78 is 2.03. The topological polar surface area (TPSA) is 62.5 Å². The van der Waals surface area contributed by atoms with Crippen molar-refractivity contribution in [3.63, 3.8) is 0 Å². The molecule has 3 heterocycles. The van der Waals surface area contributed by atoms with Crippen LogP contribution in [0, 0.1) is 5.92 Å². The zero-order valence-corrected chi connectivity index (χ0v) is 13.9. The van der Waals surface area contributed by atoms with Crippen molar-refractivity contribution in [3.8, 4) is 0 Å². The molecule has 1 fully saturated rings. The average Bonchev–Trinajstić information content (AvgIpc) is 2.98. The van der Waals surface area contributed by atoms with Crippen LogP contribution in [0.2, 0.25) is 0 Å². The second kappa shape index (κ2) is 6.98. The molecule has 0 unspecified atom stereocenters. The summed E-state index contributed by atoms with van der Waals surface area (Å²) in [5.74, 6) is 1.81. The number of hydrogen-bond donors (Lipinski definition) is 1. The third-order valence-corrected chi connectivity index (χ3v) is 4.41. The molecule has 1 N–H and O–H groups in total. The minimum absolute atomic E-state index is 0.0455. The minimum atomic E-state index is 0.0455. The molecule has 0 bridgehead atoms. The lowest BCUT2D eigenvalue weighted by atomic mass is 9.97. The van der Waals surface area contributed by atoms with Gasteiger partial charge in [0.15, 0.2) is 5.65 Å². The van der Waals surface area contributed by atoms with E-state index in [1.54, 1.807) is 0 Å². The highest BCUT2D eigenvalue weighted by Crippen LogP contribution is 2.26. The molecule has 0 aromatic carbocycles. The van der Waals surface area contributed by atoms with E-state index >= 15 is 0 Å². The van der Waals surface area contributed by atoms with E-state index in [2.05, 4.69) is 29.4 Å². The highest BCUT2D eigenvalue weighted by molar-refractivity contribution is 5.74. The largest absolute Gasteiger partial charge is 0.338 e. The second-order valence-electron chi connectivity index (χ2n) is 6.69. The molecule has 3 rings (SSSR count). The van der Waals surface area contributed by atoms with Crippen molar-refractivity contribution in [2.75, 3.05) is 19.6 Å². The minimum Gasteiger partial charge on any atom is -0.338 e. The fourth-order valence-electron chi connectivity index (χ4n) is 3.09. The van der Waals surface area contributed by atoms with Crippen LogP contribution in [-0.4, -0.2) is 45.2 Å². The summed E-state index contributed by atoms with van der Waals surface area (Å²) in [4.78, 5) is 14.2. The highest BCUT2D eigenvalue weighted by Gasteiger charge is 2.27. The number of likely N-dealkylation sites (tertiary alicyclic amines) is 1. The van der Waals surface area contributed by atoms with Crippen LogP contribution in [0.4, 0.5) is 4.79 Å². The van der Waals surface area contributed by atoms with E-state index in [0.717, 1.165) is 43.8 Å². The second-order valence-corrected chi connectivity index (χ2v) is 6.69. The van der Waals surface area contributed by atoms with Crippen molar-refractivity contribution in [2.24, 2.45) is 5.92 Å². The number of piperidine rings is 1. The summed E-state index contributed by atoms with van der Waals surface area (Å²) in [6, 6.07) is 5.95. The number of hydrogen-bond acceptors (Lipinski definition) is 3. The lowest BCUT2D eigenvalue weighted by molar-refractivity contribution is 0.177. The molecule has 6 heteroatoms. The van der Waals surface area contributed by atoms with Crippen molar-refractivity contribution in [3.05, 3.63) is 30.2 Å². The number of amides is 2. The van der Waals surface area contributed by atoms with E-state index in [-0.39, 0.29) is 11.9 Å². The van der Waals surface area contributed by atoms with Crippen molar-refractivity contribution in [1.29, 1.82) is 0 Å². The maximum Gasteiger partial charge on any atom is 0.317 e. The normalized spacial score (nSPS) is 18.6. The lowest BCUT2D eigenvalue weighted by Crippen LogP contribution is -2.45. The first-order chi connectivity index (χ1) is 11.1. The molecule has 0 radical (unpaired) electrons. The molecule has 1 aliphatic rings. The van der Waals surface area contributed by atoms with Gasteiger partial charge in [-0.3, -0.25) is 4.40 Å². The molecule has 1 saturated heterocycles. The van der Waals surface area contributed by atoms with Gasteiger partial charge in [0.1, 0.15) is 5.82 Å². The van der Waals surface area contributed by atoms with Gasteiger partial charge in [-0.15, -0.1) is 10.2 Å². The molecule has 0 aliphatic carbocycles. The van der Waals surface area contributed by atoms with Gasteiger partial charge in [0.05, 0.1) is 0 Å². The Morgan fingerprint density at radius 2 is 2.26 bits per heavy atom. The number of rotatable bonds is 4. The summed E-state index contributed by atoms with van der Waals surface area (Å²) in [7, 11) is 0. The molecule has 0 spiro atoms. The number of carbonyl (C=O) groups excluding carboxylic acids is 1. The molecule has 1 aliphatic heterocycles. The smallest absolute Gasteiger partial charge is 0.317 e. The molecular weight excluding hydrogens is 290 g/mol. The number of aromatic nitrogens is 3. The Balaban J connectivity index is 1.65. The van der Waals surface area contributed by atoms with Gasteiger partial charge in [0.25, 0.3) is 0 Å². The summed E-state index contributed by atoms with van der Waals surface area (Å²) in [6.45, 7) is 6.61. The van der Waals surface area contributed by atoms with Crippen LogP contribution >= 0.6 is 0 Å². The first-order valence-corrected chi connectivity index (χ1v) is 8.47. The van der Waals surface area contributed by atoms with Crippen molar-refractivity contribution >= 4 is 11.7 Å². The fourth-order valence-corrected chi connectivity index (χ4v) is 3.09. The summed E-state index contributed by atoms with van der Waals surface area (Å²) in [6.07, 6.45) is 5.06. The predicted octanol–water partition coefficient (Wildman–Crippen LogP) is 2.66. The molecule has 6 nitrogen and oxygen atoms in total. The van der Waals surface area contributed by atoms with Gasteiger partial charge in [-0.2, -0.15) is 0 Å². The Bertz CT molecular complexity index is 666. The van der Waals surface area contributed by atoms with Crippen LogP contribution in [0.1, 0.15) is 44.9 Å². The number of pyridine rings is 1. The van der Waals surface area contributed by atoms with Crippen LogP contribution in [0.5, 0.6) is 0 Å². The molecule has 23 heavy (non-hydrogen) atoms. The maximum absolute atomic E-state index is 12.3. The van der Waals surface area contributed by atoms with Crippen LogP contribution in [0.15, 0.2) is 24.4 Å². The number of nitrogens with zero attached hydrogens (tertiary/aromatic N) is 4. The van der Waals surface area contributed by atoms with Gasteiger partial charge in [-0.25, -0.2) is 4.79 Å². The maximum atomic E-state index is 12.3. The Morgan fingerprint density at radius 3 is 3.09 bits per heavy atom. The SMILES string of the molecule is CC(C)CCNC(=O)N1CCC[C@H](c2nnc3ccccn23)C1. The third-order valence-electron chi connectivity index (χ3n) is 4.41. The van der Waals surface area contributed by atoms with E-state index in [0.29, 0.717) is 12.5 Å². The number of fused-ring (bicyclic) bond motifs is 1. The van der Waals surface area contributed by atoms with Crippen LogP contribution in [0.25, 0.3) is 5.65 Å². The van der Waals surface area contributed by atoms with Gasteiger partial charge < -0.3 is 10.2 Å². The molecule has 0 saturated carbocycles. The van der Waals surface area contributed by atoms with Crippen LogP contribution < -0.4 is 5.32 Å². The summed E-state index contributed by atoms with van der Waals surface area (Å²) in [5.41, 5.74) is 0.862. The molecule has 1 atom stereocenters. The van der Waals surface area contributed by atoms with Crippen molar-refractivity contribution in [2.45, 2.75) is 39.0 Å². The first kappa shape index (κ1) is 15.8. The van der Waals surface area contributed by atoms with Crippen molar-refractivity contribution in [1.82, 2.24) is 24.8 Å². The van der Waals surface area contributed by atoms with Gasteiger partial charge in [-0.1, -0.05) is 19.9 Å². The summed E-state index contributed by atoms with van der Waals surface area (Å²) in [5, 5.41) is 11.6. The predicted molar refractivity (Wildman–Crippen MR) is 89.4 cm³/mol. The zero-order chi connectivity index (χ0) is 16.2. The van der Waals surface area contributed by atoms with E-state index < -0.39 is 0 Å². The van der Waals surface area contributed by atoms with Gasteiger partial charge in [0.2, 0.25) is 0 Å². The number of nitrogens with one attached hydrogen (secondary N) is 1. The monoisotopic (exact) mass is 315 g/mol. The van der Waals surface area contributed by atoms with Crippen molar-refractivity contribution < 1.29 is 4.79 Å². The average molecular weight is 315 g/mol. The van der Waals surface area contributed by atoms with Crippen LogP contribution in [-0.2, 0) is 0 Å². The van der Waals surface area contributed by atoms with E-state index in [1.165, 1.54) is 0 Å². The van der Waals surface area contributed by atoms with Crippen LogP contribution in [0.3, 0.4) is 0 Å². The molecule has 124 valence electrons. The van der Waals surface area contributed by atoms with Gasteiger partial charge >= 0.3 is 6.03 Å². The summed E-state index contributed by atoms with van der Waals surface area (Å²) >= 11 is 0. The van der Waals surface area contributed by atoms with E-state index in [1.807, 2.05) is 33.7 Å². The standard InChI is InChI=1S/C17H25N5O/c1-13(2)8-9-18-17(23)21-10-5-6-14(12-21)16-20-19-15-7-3-4-11-22(15)16/h3-4,7,11,13-14H,5-6,8-10,12H2,1-2H3,(H,18,23)/t14-/m0/s1. The first-order valence-electron chi connectivity index (χ1n) is 8.47. The molecule has 2 aromatic heterocycles. The Kier molecular flexibility index (Phi) is 4.79. The Morgan fingerprint density at radius 1 is 1.39 bits per heavy atom. The third kappa shape index (κ3) is 3.63. The zero-order valence-electron chi connectivity index (χ0n) is 13.9. The molecule has 2 amide bonds. The van der Waals surface area contributed by atoms with E-state index in [9.17, 15) is 4.79 Å². The quantitative estimate of drug-likeness (QED) is 0.943. The fraction of sp³-hybridized carbons (Fsp3) is 0.588. The number of carbonyl (C=O) groups is 1. The van der Waals surface area contributed by atoms with Gasteiger partial charge in [0, 0.05) is 31.7 Å². The Hall–Kier alpha value is -2.11. The molecule has 2 aromatic rings. The number of urea groups is 1. The van der Waals surface area contributed by atoms with E-state index in [4.69, 9.17) is 0 Å². The lowest BCUT2D eigenvalue weighted by Gasteiger charge is -2.32. The molecular formula is C17H25N5O. The Labute approximate surface area is 136 Å². The highest BCUT2D eigenvalue weighted by atomic mass is 16.2. The van der Waals surface area contributed by atoms with Gasteiger partial charge in [-0.05, 0) is 37.3 Å².